The lowest BCUT2D eigenvalue weighted by molar-refractivity contribution is 1.18. The van der Waals surface area contributed by atoms with E-state index in [4.69, 9.17) is 0 Å². The number of fused-ring (bicyclic) bond motifs is 9. The summed E-state index contributed by atoms with van der Waals surface area (Å²) < 4.78 is 7.79. The average molecular weight is 774 g/mol. The second-order valence-corrected chi connectivity index (χ2v) is 17.5. The second-order valence-electron chi connectivity index (χ2n) is 15.4. The van der Waals surface area contributed by atoms with Crippen LogP contribution in [0.15, 0.2) is 194 Å². The Labute approximate surface area is 344 Å². The minimum Gasteiger partial charge on any atom is -0.309 e. The minimum absolute atomic E-state index is 1.16. The van der Waals surface area contributed by atoms with Crippen molar-refractivity contribution in [2.24, 2.45) is 0 Å². The maximum absolute atomic E-state index is 2.42. The smallest absolute Gasteiger partial charge is 0.0541 e. The highest BCUT2D eigenvalue weighted by molar-refractivity contribution is 7.26. The van der Waals surface area contributed by atoms with E-state index >= 15 is 0 Å². The maximum atomic E-state index is 2.42. The van der Waals surface area contributed by atoms with Gasteiger partial charge < -0.3 is 4.57 Å². The van der Waals surface area contributed by atoms with Crippen LogP contribution in [0.3, 0.4) is 0 Å². The van der Waals surface area contributed by atoms with Crippen LogP contribution in [0.2, 0.25) is 0 Å². The summed E-state index contributed by atoms with van der Waals surface area (Å²) in [5.41, 5.74) is 14.8. The molecular formula is C55H35NS2. The van der Waals surface area contributed by atoms with E-state index in [1.807, 2.05) is 22.7 Å². The first kappa shape index (κ1) is 33.4. The Kier molecular flexibility index (Phi) is 7.56. The van der Waals surface area contributed by atoms with E-state index in [9.17, 15) is 0 Å². The fourth-order valence-electron chi connectivity index (χ4n) is 9.03. The van der Waals surface area contributed by atoms with E-state index in [2.05, 4.69) is 206 Å². The number of rotatable bonds is 5. The van der Waals surface area contributed by atoms with Gasteiger partial charge in [-0.15, -0.1) is 22.7 Å². The highest BCUT2D eigenvalue weighted by Crippen LogP contribution is 2.42. The molecule has 272 valence electrons. The first-order valence-corrected chi connectivity index (χ1v) is 21.5. The van der Waals surface area contributed by atoms with Crippen LogP contribution in [0.5, 0.6) is 0 Å². The molecule has 0 saturated carbocycles. The van der Waals surface area contributed by atoms with Crippen LogP contribution in [0, 0.1) is 6.92 Å². The van der Waals surface area contributed by atoms with Gasteiger partial charge in [0.2, 0.25) is 0 Å². The molecule has 3 heterocycles. The van der Waals surface area contributed by atoms with Gasteiger partial charge in [0.1, 0.15) is 0 Å². The molecule has 0 amide bonds. The average Bonchev–Trinajstić information content (AvgIpc) is 3.96. The number of benzene rings is 9. The summed E-state index contributed by atoms with van der Waals surface area (Å²) in [5.74, 6) is 0. The molecule has 0 aliphatic heterocycles. The van der Waals surface area contributed by atoms with Gasteiger partial charge in [-0.1, -0.05) is 151 Å². The zero-order chi connectivity index (χ0) is 38.3. The van der Waals surface area contributed by atoms with Crippen LogP contribution in [-0.2, 0) is 0 Å². The summed E-state index contributed by atoms with van der Waals surface area (Å²) in [6.07, 6.45) is 0. The van der Waals surface area contributed by atoms with Gasteiger partial charge >= 0.3 is 0 Å². The van der Waals surface area contributed by atoms with E-state index in [1.165, 1.54) is 112 Å². The van der Waals surface area contributed by atoms with Gasteiger partial charge in [0, 0.05) is 56.8 Å². The van der Waals surface area contributed by atoms with Gasteiger partial charge in [-0.25, -0.2) is 0 Å². The fraction of sp³-hybridized carbons (Fsp3) is 0.0182. The zero-order valence-electron chi connectivity index (χ0n) is 31.7. The molecule has 0 aliphatic carbocycles. The molecule has 0 spiro atoms. The van der Waals surface area contributed by atoms with Gasteiger partial charge in [-0.3, -0.25) is 0 Å². The molecule has 0 bridgehead atoms. The number of aryl methyl sites for hydroxylation is 1. The Morgan fingerprint density at radius 3 is 1.33 bits per heavy atom. The van der Waals surface area contributed by atoms with Gasteiger partial charge in [0.05, 0.1) is 11.0 Å². The summed E-state index contributed by atoms with van der Waals surface area (Å²) >= 11 is 3.77. The molecule has 0 saturated heterocycles. The highest BCUT2D eigenvalue weighted by atomic mass is 32.1. The van der Waals surface area contributed by atoms with Crippen molar-refractivity contribution in [3.05, 3.63) is 200 Å². The highest BCUT2D eigenvalue weighted by Gasteiger charge is 2.16. The minimum atomic E-state index is 1.16. The molecule has 0 N–H and O–H groups in total. The largest absolute Gasteiger partial charge is 0.309 e. The van der Waals surface area contributed by atoms with E-state index in [0.29, 0.717) is 0 Å². The van der Waals surface area contributed by atoms with Crippen LogP contribution < -0.4 is 0 Å². The third-order valence-electron chi connectivity index (χ3n) is 11.9. The second kappa shape index (κ2) is 13.1. The van der Waals surface area contributed by atoms with Crippen LogP contribution in [0.4, 0.5) is 0 Å². The van der Waals surface area contributed by atoms with Gasteiger partial charge in [-0.2, -0.15) is 0 Å². The van der Waals surface area contributed by atoms with Crippen molar-refractivity contribution in [1.82, 2.24) is 4.57 Å². The third kappa shape index (κ3) is 5.28. The van der Waals surface area contributed by atoms with Crippen molar-refractivity contribution >= 4 is 84.8 Å². The predicted octanol–water partition coefficient (Wildman–Crippen LogP) is 16.5. The molecule has 12 aromatic rings. The van der Waals surface area contributed by atoms with Crippen molar-refractivity contribution in [2.75, 3.05) is 0 Å². The first-order valence-electron chi connectivity index (χ1n) is 19.8. The summed E-state index contributed by atoms with van der Waals surface area (Å²) in [7, 11) is 0. The molecule has 9 aromatic carbocycles. The molecule has 12 rings (SSSR count). The Bertz CT molecular complexity index is 3540. The summed E-state index contributed by atoms with van der Waals surface area (Å²) in [5, 5.41) is 7.88. The summed E-state index contributed by atoms with van der Waals surface area (Å²) in [4.78, 5) is 0. The quantitative estimate of drug-likeness (QED) is 0.164. The van der Waals surface area contributed by atoms with Crippen LogP contribution in [0.25, 0.3) is 112 Å². The lowest BCUT2D eigenvalue weighted by Gasteiger charge is -2.11. The van der Waals surface area contributed by atoms with Gasteiger partial charge in [0.25, 0.3) is 0 Å². The molecule has 3 aromatic heterocycles. The summed E-state index contributed by atoms with van der Waals surface area (Å²) in [6.45, 7) is 2.19. The van der Waals surface area contributed by atoms with Gasteiger partial charge in [0.15, 0.2) is 0 Å². The Morgan fingerprint density at radius 1 is 0.328 bits per heavy atom. The standard InChI is InChI=1S/C55H35NS2/c1-34-16-30-50-48(32-34)49-33-40(37-19-23-39(24-20-37)43-11-7-13-47-45-9-3-5-15-53(45)58-55(43)47)27-31-51(49)56(50)41-28-25-36(26-29-41)35-17-21-38(22-18-35)42-10-6-12-46-44-8-2-4-14-52(44)57-54(42)46/h2-33H,1H3. The molecule has 0 fully saturated rings. The molecular weight excluding hydrogens is 739 g/mol. The van der Waals surface area contributed by atoms with Crippen molar-refractivity contribution < 1.29 is 0 Å². The lowest BCUT2D eigenvalue weighted by Crippen LogP contribution is -1.94. The van der Waals surface area contributed by atoms with Crippen molar-refractivity contribution in [2.45, 2.75) is 6.92 Å². The van der Waals surface area contributed by atoms with E-state index in [0.717, 1.165) is 5.69 Å². The molecule has 58 heavy (non-hydrogen) atoms. The third-order valence-corrected chi connectivity index (χ3v) is 14.4. The fourth-order valence-corrected chi connectivity index (χ4v) is 11.5. The monoisotopic (exact) mass is 773 g/mol. The predicted molar refractivity (Wildman–Crippen MR) is 253 cm³/mol. The zero-order valence-corrected chi connectivity index (χ0v) is 33.4. The van der Waals surface area contributed by atoms with Crippen molar-refractivity contribution in [3.8, 4) is 50.2 Å². The maximum Gasteiger partial charge on any atom is 0.0541 e. The summed E-state index contributed by atoms with van der Waals surface area (Å²) in [6, 6.07) is 71.9. The number of hydrogen-bond donors (Lipinski definition) is 0. The molecule has 0 unspecified atom stereocenters. The topological polar surface area (TPSA) is 4.93 Å². The molecule has 0 aliphatic rings. The SMILES string of the molecule is Cc1ccc2c(c1)c1cc(-c3ccc(-c4cccc5c4sc4ccccc45)cc3)ccc1n2-c1ccc(-c2ccc(-c3cccc4c3sc3ccccc34)cc2)cc1. The molecule has 3 heteroatoms. The Balaban J connectivity index is 0.874. The molecule has 0 atom stereocenters. The van der Waals surface area contributed by atoms with Crippen LogP contribution >= 0.6 is 22.7 Å². The van der Waals surface area contributed by atoms with Crippen LogP contribution in [0.1, 0.15) is 5.56 Å². The molecule has 0 radical (unpaired) electrons. The normalized spacial score (nSPS) is 11.9. The lowest BCUT2D eigenvalue weighted by atomic mass is 9.98. The van der Waals surface area contributed by atoms with Crippen molar-refractivity contribution in [3.63, 3.8) is 0 Å². The Morgan fingerprint density at radius 2 is 0.759 bits per heavy atom. The van der Waals surface area contributed by atoms with Crippen molar-refractivity contribution in [1.29, 1.82) is 0 Å². The van der Waals surface area contributed by atoms with E-state index in [1.54, 1.807) is 0 Å². The van der Waals surface area contributed by atoms with Gasteiger partial charge in [-0.05, 0) is 100.0 Å². The first-order chi connectivity index (χ1) is 28.6. The Hall–Kier alpha value is -6.78. The number of hydrogen-bond acceptors (Lipinski definition) is 2. The van der Waals surface area contributed by atoms with E-state index in [-0.39, 0.29) is 0 Å². The number of nitrogens with zero attached hydrogens (tertiary/aromatic N) is 1. The number of aromatic nitrogens is 1. The van der Waals surface area contributed by atoms with E-state index < -0.39 is 0 Å². The molecule has 1 nitrogen and oxygen atoms in total. The number of thiophene rings is 2. The van der Waals surface area contributed by atoms with Crippen LogP contribution in [-0.4, -0.2) is 4.57 Å².